The molecule has 1 aliphatic rings. The average molecular weight is 374 g/mol. The number of aromatic nitrogens is 1. The molecule has 0 aliphatic carbocycles. The van der Waals surface area contributed by atoms with Gasteiger partial charge in [0.1, 0.15) is 17.5 Å². The summed E-state index contributed by atoms with van der Waals surface area (Å²) >= 11 is 1.41. The molecule has 0 atom stereocenters. The van der Waals surface area contributed by atoms with E-state index in [2.05, 4.69) is 14.2 Å². The highest BCUT2D eigenvalue weighted by Crippen LogP contribution is 2.30. The quantitative estimate of drug-likeness (QED) is 0.710. The minimum atomic E-state index is -0.248. The second-order valence-corrected chi connectivity index (χ2v) is 7.37. The number of nitrogen functional groups attached to an aromatic ring is 1. The Morgan fingerprint density at radius 1 is 1.00 bits per heavy atom. The minimum Gasteiger partial charge on any atom is -0.399 e. The molecule has 2 heterocycles. The van der Waals surface area contributed by atoms with Gasteiger partial charge in [-0.1, -0.05) is 0 Å². The van der Waals surface area contributed by atoms with Crippen molar-refractivity contribution in [2.24, 2.45) is 0 Å². The Kier molecular flexibility index (Phi) is 4.74. The van der Waals surface area contributed by atoms with Crippen LogP contribution in [0.1, 0.15) is 5.56 Å². The summed E-state index contributed by atoms with van der Waals surface area (Å²) in [5, 5.41) is 0.885. The highest BCUT2D eigenvalue weighted by atomic mass is 32.1. The van der Waals surface area contributed by atoms with Gasteiger partial charge in [0.15, 0.2) is 0 Å². The lowest BCUT2D eigenvalue weighted by atomic mass is 10.1. The van der Waals surface area contributed by atoms with Crippen molar-refractivity contribution in [1.82, 2.24) is 9.27 Å². The van der Waals surface area contributed by atoms with Crippen molar-refractivity contribution < 1.29 is 8.78 Å². The fraction of sp³-hybridized carbons (Fsp3) is 0.316. The molecule has 2 aromatic carbocycles. The number of nitrogens with zero attached hydrogens (tertiary/aromatic N) is 3. The number of rotatable bonds is 4. The lowest BCUT2D eigenvalue weighted by molar-refractivity contribution is 0.261. The standard InChI is InChI=1S/C19H20F2N4S/c20-14-1-3-17(22)13(11-14)5-6-24-7-9-25(10-8-24)19-16-12-15(21)2-4-18(16)26-23-19/h1-4,11-12H,5-10,22H2. The topological polar surface area (TPSA) is 45.4 Å². The largest absolute Gasteiger partial charge is 0.399 e. The van der Waals surface area contributed by atoms with Gasteiger partial charge in [0.25, 0.3) is 0 Å². The van der Waals surface area contributed by atoms with Crippen LogP contribution >= 0.6 is 11.5 Å². The summed E-state index contributed by atoms with van der Waals surface area (Å²) < 4.78 is 32.5. The summed E-state index contributed by atoms with van der Waals surface area (Å²) in [6.45, 7) is 4.31. The van der Waals surface area contributed by atoms with Crippen LogP contribution in [0.5, 0.6) is 0 Å². The molecule has 0 radical (unpaired) electrons. The fourth-order valence-electron chi connectivity index (χ4n) is 3.38. The Labute approximate surface area is 155 Å². The van der Waals surface area contributed by atoms with Crippen LogP contribution in [0, 0.1) is 11.6 Å². The van der Waals surface area contributed by atoms with E-state index < -0.39 is 0 Å². The van der Waals surface area contributed by atoms with Crippen molar-refractivity contribution in [1.29, 1.82) is 0 Å². The van der Waals surface area contributed by atoms with Gasteiger partial charge in [0.2, 0.25) is 0 Å². The third-order valence-corrected chi connectivity index (χ3v) is 5.70. The van der Waals surface area contributed by atoms with E-state index in [0.29, 0.717) is 5.69 Å². The van der Waals surface area contributed by atoms with Crippen molar-refractivity contribution in [3.8, 4) is 0 Å². The molecule has 2 N–H and O–H groups in total. The maximum atomic E-state index is 13.6. The second kappa shape index (κ2) is 7.17. The third-order valence-electron chi connectivity index (χ3n) is 4.89. The fourth-order valence-corrected chi connectivity index (χ4v) is 4.15. The van der Waals surface area contributed by atoms with Gasteiger partial charge in [-0.25, -0.2) is 8.78 Å². The van der Waals surface area contributed by atoms with Crippen LogP contribution in [-0.2, 0) is 6.42 Å². The van der Waals surface area contributed by atoms with Crippen LogP contribution in [0.4, 0.5) is 20.3 Å². The predicted octanol–water partition coefficient (Wildman–Crippen LogP) is 3.52. The molecule has 1 fully saturated rings. The van der Waals surface area contributed by atoms with Crippen molar-refractivity contribution >= 4 is 33.1 Å². The van der Waals surface area contributed by atoms with E-state index >= 15 is 0 Å². The SMILES string of the molecule is Nc1ccc(F)cc1CCN1CCN(c2nsc3ccc(F)cc23)CC1. The molecular weight excluding hydrogens is 354 g/mol. The number of anilines is 2. The van der Waals surface area contributed by atoms with Crippen LogP contribution in [-0.4, -0.2) is 42.0 Å². The van der Waals surface area contributed by atoms with Gasteiger partial charge in [-0.3, -0.25) is 4.90 Å². The van der Waals surface area contributed by atoms with E-state index in [1.54, 1.807) is 18.2 Å². The molecule has 0 spiro atoms. The highest BCUT2D eigenvalue weighted by molar-refractivity contribution is 7.13. The molecule has 26 heavy (non-hydrogen) atoms. The van der Waals surface area contributed by atoms with Crippen LogP contribution in [0.15, 0.2) is 36.4 Å². The second-order valence-electron chi connectivity index (χ2n) is 6.57. The maximum Gasteiger partial charge on any atom is 0.150 e. The third kappa shape index (κ3) is 3.50. The number of hydrogen-bond donors (Lipinski definition) is 1. The van der Waals surface area contributed by atoms with Gasteiger partial charge in [-0.15, -0.1) is 0 Å². The molecule has 136 valence electrons. The Morgan fingerprint density at radius 2 is 1.73 bits per heavy atom. The molecule has 0 saturated carbocycles. The predicted molar refractivity (Wildman–Crippen MR) is 103 cm³/mol. The molecule has 0 bridgehead atoms. The van der Waals surface area contributed by atoms with Crippen molar-refractivity contribution in [3.63, 3.8) is 0 Å². The van der Waals surface area contributed by atoms with Crippen LogP contribution < -0.4 is 10.6 Å². The zero-order valence-electron chi connectivity index (χ0n) is 14.3. The van der Waals surface area contributed by atoms with Crippen molar-refractivity contribution in [2.45, 2.75) is 6.42 Å². The Hall–Kier alpha value is -2.25. The Bertz CT molecular complexity index is 919. The lowest BCUT2D eigenvalue weighted by Gasteiger charge is -2.35. The van der Waals surface area contributed by atoms with Crippen LogP contribution in [0.2, 0.25) is 0 Å². The molecule has 3 aromatic rings. The first kappa shape index (κ1) is 17.2. The van der Waals surface area contributed by atoms with Crippen molar-refractivity contribution in [2.75, 3.05) is 43.4 Å². The van der Waals surface area contributed by atoms with Crippen LogP contribution in [0.3, 0.4) is 0 Å². The first-order valence-electron chi connectivity index (χ1n) is 8.66. The monoisotopic (exact) mass is 374 g/mol. The minimum absolute atomic E-state index is 0.231. The molecular formula is C19H20F2N4S. The first-order chi connectivity index (χ1) is 12.6. The molecule has 1 aromatic heterocycles. The smallest absolute Gasteiger partial charge is 0.150 e. The van der Waals surface area contributed by atoms with Gasteiger partial charge in [-0.2, -0.15) is 4.37 Å². The van der Waals surface area contributed by atoms with E-state index in [0.717, 1.165) is 60.6 Å². The first-order valence-corrected chi connectivity index (χ1v) is 9.43. The summed E-state index contributed by atoms with van der Waals surface area (Å²) in [6.07, 6.45) is 0.731. The average Bonchev–Trinajstić information content (AvgIpc) is 3.06. The number of benzene rings is 2. The number of fused-ring (bicyclic) bond motifs is 1. The Morgan fingerprint density at radius 3 is 2.54 bits per heavy atom. The normalized spacial score (nSPS) is 15.7. The zero-order valence-corrected chi connectivity index (χ0v) is 15.1. The summed E-state index contributed by atoms with van der Waals surface area (Å²) in [6, 6.07) is 9.34. The summed E-state index contributed by atoms with van der Waals surface area (Å²) in [7, 11) is 0. The lowest BCUT2D eigenvalue weighted by Crippen LogP contribution is -2.47. The maximum absolute atomic E-state index is 13.6. The number of halogens is 2. The van der Waals surface area contributed by atoms with Gasteiger partial charge in [0.05, 0.1) is 4.70 Å². The van der Waals surface area contributed by atoms with E-state index in [-0.39, 0.29) is 11.6 Å². The molecule has 7 heteroatoms. The van der Waals surface area contributed by atoms with Gasteiger partial charge in [-0.05, 0) is 59.9 Å². The number of hydrogen-bond acceptors (Lipinski definition) is 5. The van der Waals surface area contributed by atoms with E-state index in [9.17, 15) is 8.78 Å². The molecule has 4 rings (SSSR count). The molecule has 4 nitrogen and oxygen atoms in total. The number of nitrogens with two attached hydrogens (primary N) is 1. The molecule has 1 saturated heterocycles. The summed E-state index contributed by atoms with van der Waals surface area (Å²) in [5.41, 5.74) is 7.42. The van der Waals surface area contributed by atoms with Gasteiger partial charge in [0, 0.05) is 43.8 Å². The molecule has 1 aliphatic heterocycles. The van der Waals surface area contributed by atoms with E-state index in [1.807, 2.05) is 0 Å². The summed E-state index contributed by atoms with van der Waals surface area (Å²) in [4.78, 5) is 4.56. The van der Waals surface area contributed by atoms with E-state index in [1.165, 1.54) is 29.7 Å². The van der Waals surface area contributed by atoms with Gasteiger partial charge >= 0.3 is 0 Å². The number of piperazine rings is 1. The van der Waals surface area contributed by atoms with Crippen LogP contribution in [0.25, 0.3) is 10.1 Å². The van der Waals surface area contributed by atoms with E-state index in [4.69, 9.17) is 5.73 Å². The van der Waals surface area contributed by atoms with Crippen molar-refractivity contribution in [3.05, 3.63) is 53.6 Å². The summed E-state index contributed by atoms with van der Waals surface area (Å²) in [5.74, 6) is 0.394. The highest BCUT2D eigenvalue weighted by Gasteiger charge is 2.21. The molecule has 0 amide bonds. The molecule has 0 unspecified atom stereocenters. The zero-order chi connectivity index (χ0) is 18.1. The van der Waals surface area contributed by atoms with Gasteiger partial charge < -0.3 is 10.6 Å². The Balaban J connectivity index is 1.38.